The van der Waals surface area contributed by atoms with Crippen molar-refractivity contribution in [2.24, 2.45) is 0 Å². The molecule has 0 unspecified atom stereocenters. The largest absolute Gasteiger partial charge is 0.469 e. The third-order valence-electron chi connectivity index (χ3n) is 3.70. The zero-order valence-electron chi connectivity index (χ0n) is 14.0. The van der Waals surface area contributed by atoms with E-state index in [1.165, 1.54) is 7.11 Å². The van der Waals surface area contributed by atoms with Gasteiger partial charge in [-0.15, -0.1) is 0 Å². The highest BCUT2D eigenvalue weighted by Gasteiger charge is 2.16. The summed E-state index contributed by atoms with van der Waals surface area (Å²) in [7, 11) is 1.34. The van der Waals surface area contributed by atoms with E-state index >= 15 is 0 Å². The Morgan fingerprint density at radius 3 is 2.38 bits per heavy atom. The Hall–Kier alpha value is -2.82. The van der Waals surface area contributed by atoms with Crippen molar-refractivity contribution < 1.29 is 14.3 Å². The van der Waals surface area contributed by atoms with Crippen molar-refractivity contribution in [3.8, 4) is 0 Å². The Labute approximate surface area is 142 Å². The summed E-state index contributed by atoms with van der Waals surface area (Å²) in [5.74, 6) is -0.336. The Morgan fingerprint density at radius 1 is 1.04 bits per heavy atom. The summed E-state index contributed by atoms with van der Waals surface area (Å²) in [5.41, 5.74) is 2.75. The van der Waals surface area contributed by atoms with Gasteiger partial charge in [-0.3, -0.25) is 4.79 Å². The molecule has 0 bridgehead atoms. The summed E-state index contributed by atoms with van der Waals surface area (Å²) < 4.78 is 4.67. The van der Waals surface area contributed by atoms with E-state index in [1.54, 1.807) is 4.90 Å². The van der Waals surface area contributed by atoms with Crippen molar-refractivity contribution in [3.63, 3.8) is 0 Å². The standard InChI is InChI=1S/C19H22N2O3/c1-15-8-6-7-11-17(15)20-19(23)21(13-12-18(22)24-2)14-16-9-4-3-5-10-16/h3-11H,12-14H2,1-2H3,(H,20,23). The van der Waals surface area contributed by atoms with Gasteiger partial charge in [0, 0.05) is 18.8 Å². The number of hydrogen-bond acceptors (Lipinski definition) is 3. The van der Waals surface area contributed by atoms with Gasteiger partial charge in [-0.25, -0.2) is 4.79 Å². The molecule has 1 N–H and O–H groups in total. The number of hydrogen-bond donors (Lipinski definition) is 1. The van der Waals surface area contributed by atoms with Crippen LogP contribution >= 0.6 is 0 Å². The first kappa shape index (κ1) is 17.5. The number of benzene rings is 2. The molecule has 2 aromatic rings. The van der Waals surface area contributed by atoms with Crippen LogP contribution in [0.3, 0.4) is 0 Å². The normalized spacial score (nSPS) is 10.1. The average molecular weight is 326 g/mol. The number of carbonyl (C=O) groups excluding carboxylic acids is 2. The maximum atomic E-state index is 12.6. The highest BCUT2D eigenvalue weighted by atomic mass is 16.5. The van der Waals surface area contributed by atoms with Gasteiger partial charge in [0.2, 0.25) is 0 Å². The number of methoxy groups -OCH3 is 1. The lowest BCUT2D eigenvalue weighted by atomic mass is 10.2. The van der Waals surface area contributed by atoms with Crippen LogP contribution in [0.1, 0.15) is 17.5 Å². The van der Waals surface area contributed by atoms with Gasteiger partial charge < -0.3 is 15.0 Å². The van der Waals surface area contributed by atoms with Gasteiger partial charge in [-0.1, -0.05) is 48.5 Å². The first-order valence-electron chi connectivity index (χ1n) is 7.82. The van der Waals surface area contributed by atoms with Crippen molar-refractivity contribution in [3.05, 3.63) is 65.7 Å². The zero-order valence-corrected chi connectivity index (χ0v) is 14.0. The second kappa shape index (κ2) is 8.72. The van der Waals surface area contributed by atoms with Gasteiger partial charge in [0.1, 0.15) is 0 Å². The van der Waals surface area contributed by atoms with Crippen LogP contribution in [0.4, 0.5) is 10.5 Å². The third-order valence-corrected chi connectivity index (χ3v) is 3.70. The van der Waals surface area contributed by atoms with Crippen LogP contribution in [-0.4, -0.2) is 30.6 Å². The van der Waals surface area contributed by atoms with Gasteiger partial charge in [0.05, 0.1) is 13.5 Å². The fourth-order valence-corrected chi connectivity index (χ4v) is 2.29. The molecule has 0 aliphatic heterocycles. The summed E-state index contributed by atoms with van der Waals surface area (Å²) in [6.07, 6.45) is 0.157. The molecule has 0 spiro atoms. The number of esters is 1. The summed E-state index contributed by atoms with van der Waals surface area (Å²) in [6, 6.07) is 17.0. The highest BCUT2D eigenvalue weighted by Crippen LogP contribution is 2.15. The molecule has 0 aromatic heterocycles. The maximum absolute atomic E-state index is 12.6. The Balaban J connectivity index is 2.09. The number of nitrogens with zero attached hydrogens (tertiary/aromatic N) is 1. The highest BCUT2D eigenvalue weighted by molar-refractivity contribution is 5.90. The van der Waals surface area contributed by atoms with Gasteiger partial charge in [-0.05, 0) is 24.1 Å². The fourth-order valence-electron chi connectivity index (χ4n) is 2.29. The van der Waals surface area contributed by atoms with Crippen molar-refractivity contribution in [1.29, 1.82) is 0 Å². The van der Waals surface area contributed by atoms with Gasteiger partial charge in [-0.2, -0.15) is 0 Å². The summed E-state index contributed by atoms with van der Waals surface area (Å²) in [5, 5.41) is 2.91. The van der Waals surface area contributed by atoms with E-state index in [9.17, 15) is 9.59 Å². The second-order valence-electron chi connectivity index (χ2n) is 5.48. The zero-order chi connectivity index (χ0) is 17.4. The summed E-state index contributed by atoms with van der Waals surface area (Å²) in [6.45, 7) is 2.65. The molecule has 0 radical (unpaired) electrons. The van der Waals surface area contributed by atoms with Crippen molar-refractivity contribution in [2.45, 2.75) is 19.9 Å². The molecule has 126 valence electrons. The molecule has 0 aliphatic carbocycles. The quantitative estimate of drug-likeness (QED) is 0.825. The Bertz CT molecular complexity index is 686. The van der Waals surface area contributed by atoms with Crippen LogP contribution < -0.4 is 5.32 Å². The molecule has 24 heavy (non-hydrogen) atoms. The molecule has 2 aromatic carbocycles. The topological polar surface area (TPSA) is 58.6 Å². The lowest BCUT2D eigenvalue weighted by molar-refractivity contribution is -0.140. The van der Waals surface area contributed by atoms with Crippen LogP contribution in [0.25, 0.3) is 0 Å². The number of ether oxygens (including phenoxy) is 1. The first-order valence-corrected chi connectivity index (χ1v) is 7.82. The predicted octanol–water partition coefficient (Wildman–Crippen LogP) is 3.59. The number of nitrogens with one attached hydrogen (secondary N) is 1. The molecule has 5 nitrogen and oxygen atoms in total. The molecule has 0 saturated heterocycles. The van der Waals surface area contributed by atoms with E-state index in [2.05, 4.69) is 10.1 Å². The number of rotatable bonds is 6. The Kier molecular flexibility index (Phi) is 6.37. The molecule has 0 fully saturated rings. The van der Waals surface area contributed by atoms with Gasteiger partial charge in [0.15, 0.2) is 0 Å². The lowest BCUT2D eigenvalue weighted by Crippen LogP contribution is -2.36. The number of anilines is 1. The van der Waals surface area contributed by atoms with E-state index in [-0.39, 0.29) is 18.4 Å². The maximum Gasteiger partial charge on any atom is 0.322 e. The molecular formula is C19H22N2O3. The number of para-hydroxylation sites is 1. The molecule has 2 amide bonds. The molecular weight excluding hydrogens is 304 g/mol. The molecule has 5 heteroatoms. The van der Waals surface area contributed by atoms with Crippen LogP contribution in [0.15, 0.2) is 54.6 Å². The van der Waals surface area contributed by atoms with E-state index in [0.29, 0.717) is 13.1 Å². The summed E-state index contributed by atoms with van der Waals surface area (Å²) >= 11 is 0. The number of amides is 2. The predicted molar refractivity (Wildman–Crippen MR) is 93.7 cm³/mol. The van der Waals surface area contributed by atoms with E-state index < -0.39 is 0 Å². The number of aryl methyl sites for hydroxylation is 1. The van der Waals surface area contributed by atoms with Crippen LogP contribution in [0.2, 0.25) is 0 Å². The molecule has 0 saturated carbocycles. The van der Waals surface area contributed by atoms with Gasteiger partial charge >= 0.3 is 12.0 Å². The molecule has 2 rings (SSSR count). The summed E-state index contributed by atoms with van der Waals surface area (Å²) in [4.78, 5) is 25.7. The van der Waals surface area contributed by atoms with Crippen molar-refractivity contribution in [2.75, 3.05) is 19.0 Å². The Morgan fingerprint density at radius 2 is 1.71 bits per heavy atom. The van der Waals surface area contributed by atoms with E-state index in [1.807, 2.05) is 61.5 Å². The third kappa shape index (κ3) is 5.12. The minimum Gasteiger partial charge on any atom is -0.469 e. The van der Waals surface area contributed by atoms with Crippen LogP contribution in [0.5, 0.6) is 0 Å². The van der Waals surface area contributed by atoms with Gasteiger partial charge in [0.25, 0.3) is 0 Å². The van der Waals surface area contributed by atoms with Crippen LogP contribution in [-0.2, 0) is 16.1 Å². The minimum absolute atomic E-state index is 0.157. The smallest absolute Gasteiger partial charge is 0.322 e. The monoisotopic (exact) mass is 326 g/mol. The van der Waals surface area contributed by atoms with Crippen molar-refractivity contribution >= 4 is 17.7 Å². The minimum atomic E-state index is -0.336. The average Bonchev–Trinajstić information content (AvgIpc) is 2.61. The molecule has 0 atom stereocenters. The molecule has 0 heterocycles. The number of carbonyl (C=O) groups is 2. The SMILES string of the molecule is COC(=O)CCN(Cc1ccccc1)C(=O)Nc1ccccc1C. The fraction of sp³-hybridized carbons (Fsp3) is 0.263. The number of urea groups is 1. The first-order chi connectivity index (χ1) is 11.6. The lowest BCUT2D eigenvalue weighted by Gasteiger charge is -2.23. The van der Waals surface area contributed by atoms with E-state index in [4.69, 9.17) is 0 Å². The van der Waals surface area contributed by atoms with Crippen molar-refractivity contribution in [1.82, 2.24) is 4.90 Å². The molecule has 0 aliphatic rings. The second-order valence-corrected chi connectivity index (χ2v) is 5.48. The van der Waals surface area contributed by atoms with Crippen LogP contribution in [0, 0.1) is 6.92 Å². The van der Waals surface area contributed by atoms with E-state index in [0.717, 1.165) is 16.8 Å².